The summed E-state index contributed by atoms with van der Waals surface area (Å²) in [6, 6.07) is 4.93. The molecule has 0 saturated heterocycles. The maximum absolute atomic E-state index is 14.0. The summed E-state index contributed by atoms with van der Waals surface area (Å²) in [7, 11) is 3.70. The monoisotopic (exact) mass is 321 g/mol. The van der Waals surface area contributed by atoms with E-state index in [1.54, 1.807) is 6.07 Å². The Hall–Kier alpha value is -2.08. The first-order valence-corrected chi connectivity index (χ1v) is 7.49. The van der Waals surface area contributed by atoms with Gasteiger partial charge in [-0.1, -0.05) is 13.8 Å². The van der Waals surface area contributed by atoms with Crippen LogP contribution in [-0.4, -0.2) is 28.8 Å². The molecule has 0 aliphatic heterocycles. The van der Waals surface area contributed by atoms with E-state index in [4.69, 9.17) is 0 Å². The van der Waals surface area contributed by atoms with Crippen molar-refractivity contribution in [3.05, 3.63) is 51.8 Å². The van der Waals surface area contributed by atoms with E-state index in [9.17, 15) is 13.6 Å². The van der Waals surface area contributed by atoms with Crippen LogP contribution in [0.2, 0.25) is 0 Å². The van der Waals surface area contributed by atoms with Crippen molar-refractivity contribution in [1.29, 1.82) is 0 Å². The van der Waals surface area contributed by atoms with E-state index in [2.05, 4.69) is 5.10 Å². The molecule has 0 radical (unpaired) electrons. The zero-order valence-corrected chi connectivity index (χ0v) is 13.8. The summed E-state index contributed by atoms with van der Waals surface area (Å²) in [5, 5.41) is 4.26. The molecule has 2 aromatic rings. The van der Waals surface area contributed by atoms with Crippen LogP contribution in [0, 0.1) is 17.6 Å². The molecule has 124 valence electrons. The minimum Gasteiger partial charge on any atom is -0.305 e. The summed E-state index contributed by atoms with van der Waals surface area (Å²) in [4.78, 5) is 14.3. The number of nitrogens with zero attached hydrogens (tertiary/aromatic N) is 3. The zero-order chi connectivity index (χ0) is 17.1. The zero-order valence-electron chi connectivity index (χ0n) is 13.8. The van der Waals surface area contributed by atoms with Crippen molar-refractivity contribution >= 4 is 0 Å². The number of benzene rings is 1. The molecule has 0 fully saturated rings. The van der Waals surface area contributed by atoms with Crippen LogP contribution < -0.4 is 5.56 Å². The second-order valence-corrected chi connectivity index (χ2v) is 6.30. The Morgan fingerprint density at radius 2 is 1.91 bits per heavy atom. The van der Waals surface area contributed by atoms with Gasteiger partial charge in [-0.15, -0.1) is 0 Å². The highest BCUT2D eigenvalue weighted by Crippen LogP contribution is 2.21. The maximum Gasteiger partial charge on any atom is 0.271 e. The van der Waals surface area contributed by atoms with Gasteiger partial charge in [0.05, 0.1) is 5.69 Å². The van der Waals surface area contributed by atoms with Crippen LogP contribution in [0.15, 0.2) is 29.1 Å². The van der Waals surface area contributed by atoms with Crippen LogP contribution in [0.25, 0.3) is 11.3 Å². The van der Waals surface area contributed by atoms with Gasteiger partial charge in [-0.05, 0) is 38.2 Å². The lowest BCUT2D eigenvalue weighted by molar-refractivity contribution is 0.392. The van der Waals surface area contributed by atoms with Gasteiger partial charge in [0, 0.05) is 30.3 Å². The molecule has 0 bridgehead atoms. The third-order valence-corrected chi connectivity index (χ3v) is 3.28. The number of rotatable bonds is 5. The predicted octanol–water partition coefficient (Wildman–Crippen LogP) is 2.91. The van der Waals surface area contributed by atoms with Gasteiger partial charge in [0.25, 0.3) is 5.56 Å². The highest BCUT2D eigenvalue weighted by Gasteiger charge is 2.14. The van der Waals surface area contributed by atoms with E-state index >= 15 is 0 Å². The van der Waals surface area contributed by atoms with E-state index in [0.29, 0.717) is 24.3 Å². The molecule has 1 aromatic carbocycles. The molecule has 0 aliphatic rings. The maximum atomic E-state index is 14.0. The van der Waals surface area contributed by atoms with Crippen molar-refractivity contribution in [3.63, 3.8) is 0 Å². The first kappa shape index (κ1) is 17.3. The topological polar surface area (TPSA) is 38.1 Å². The largest absolute Gasteiger partial charge is 0.305 e. The Morgan fingerprint density at radius 1 is 1.22 bits per heavy atom. The predicted molar refractivity (Wildman–Crippen MR) is 86.1 cm³/mol. The molecule has 0 aliphatic carbocycles. The van der Waals surface area contributed by atoms with Gasteiger partial charge in [0.15, 0.2) is 0 Å². The third-order valence-electron chi connectivity index (χ3n) is 3.28. The van der Waals surface area contributed by atoms with Crippen LogP contribution >= 0.6 is 0 Å². The normalized spacial score (nSPS) is 11.5. The van der Waals surface area contributed by atoms with Crippen molar-refractivity contribution in [1.82, 2.24) is 14.7 Å². The van der Waals surface area contributed by atoms with Gasteiger partial charge < -0.3 is 4.90 Å². The van der Waals surface area contributed by atoms with Gasteiger partial charge in [0.2, 0.25) is 0 Å². The average Bonchev–Trinajstić information content (AvgIpc) is 2.42. The molecule has 23 heavy (non-hydrogen) atoms. The summed E-state index contributed by atoms with van der Waals surface area (Å²) < 4.78 is 28.5. The van der Waals surface area contributed by atoms with E-state index in [-0.39, 0.29) is 17.0 Å². The second kappa shape index (κ2) is 7.00. The fourth-order valence-electron chi connectivity index (χ4n) is 2.35. The highest BCUT2D eigenvalue weighted by atomic mass is 19.1. The average molecular weight is 321 g/mol. The highest BCUT2D eigenvalue weighted by molar-refractivity contribution is 5.59. The van der Waals surface area contributed by atoms with Gasteiger partial charge in [-0.25, -0.2) is 13.5 Å². The number of hydrogen-bond acceptors (Lipinski definition) is 3. The summed E-state index contributed by atoms with van der Waals surface area (Å²) in [5.41, 5.74) is 0.867. The van der Waals surface area contributed by atoms with Crippen LogP contribution in [0.5, 0.6) is 0 Å². The summed E-state index contributed by atoms with van der Waals surface area (Å²) in [6.45, 7) is 4.82. The van der Waals surface area contributed by atoms with E-state index in [1.807, 2.05) is 32.8 Å². The smallest absolute Gasteiger partial charge is 0.271 e. The van der Waals surface area contributed by atoms with Gasteiger partial charge >= 0.3 is 0 Å². The fourth-order valence-corrected chi connectivity index (χ4v) is 2.35. The molecule has 0 spiro atoms. The van der Waals surface area contributed by atoms with Crippen molar-refractivity contribution in [3.8, 4) is 11.3 Å². The van der Waals surface area contributed by atoms with E-state index < -0.39 is 11.6 Å². The molecule has 0 saturated carbocycles. The van der Waals surface area contributed by atoms with Crippen molar-refractivity contribution in [2.75, 3.05) is 14.1 Å². The number of halogens is 2. The Bertz CT molecular complexity index is 720. The first-order valence-electron chi connectivity index (χ1n) is 7.49. The lowest BCUT2D eigenvalue weighted by Crippen LogP contribution is -2.30. The van der Waals surface area contributed by atoms with E-state index in [1.165, 1.54) is 16.8 Å². The Labute approximate surface area is 134 Å². The molecule has 2 rings (SSSR count). The summed E-state index contributed by atoms with van der Waals surface area (Å²) >= 11 is 0. The van der Waals surface area contributed by atoms with Crippen molar-refractivity contribution < 1.29 is 8.78 Å². The van der Waals surface area contributed by atoms with E-state index in [0.717, 1.165) is 6.07 Å². The van der Waals surface area contributed by atoms with Gasteiger partial charge in [-0.3, -0.25) is 4.79 Å². The molecule has 4 nitrogen and oxygen atoms in total. The fraction of sp³-hybridized carbons (Fsp3) is 0.412. The Balaban J connectivity index is 2.60. The molecule has 6 heteroatoms. The Morgan fingerprint density at radius 3 is 2.48 bits per heavy atom. The summed E-state index contributed by atoms with van der Waals surface area (Å²) in [5.74, 6) is -1.11. The third kappa shape index (κ3) is 4.22. The molecule has 0 amide bonds. The van der Waals surface area contributed by atoms with Crippen LogP contribution in [0.4, 0.5) is 8.78 Å². The van der Waals surface area contributed by atoms with Crippen molar-refractivity contribution in [2.24, 2.45) is 5.92 Å². The lowest BCUT2D eigenvalue weighted by atomic mass is 10.1. The van der Waals surface area contributed by atoms with Crippen LogP contribution in [0.3, 0.4) is 0 Å². The minimum absolute atomic E-state index is 0.182. The second-order valence-electron chi connectivity index (χ2n) is 6.30. The minimum atomic E-state index is -0.692. The molecular weight excluding hydrogens is 300 g/mol. The lowest BCUT2D eigenvalue weighted by Gasteiger charge is -2.15. The SMILES string of the molecule is CC(C)Cn1nc(-c2ccc(F)cc2F)cc(CN(C)C)c1=O. The van der Waals surface area contributed by atoms with Gasteiger partial charge in [-0.2, -0.15) is 5.10 Å². The van der Waals surface area contributed by atoms with Crippen LogP contribution in [0.1, 0.15) is 19.4 Å². The quantitative estimate of drug-likeness (QED) is 0.850. The number of aromatic nitrogens is 2. The number of hydrogen-bond donors (Lipinski definition) is 0. The Kier molecular flexibility index (Phi) is 5.26. The first-order chi connectivity index (χ1) is 10.8. The summed E-state index contributed by atoms with van der Waals surface area (Å²) in [6.07, 6.45) is 0. The molecule has 1 heterocycles. The van der Waals surface area contributed by atoms with Crippen LogP contribution in [-0.2, 0) is 13.1 Å². The molecule has 0 unspecified atom stereocenters. The molecule has 0 atom stereocenters. The van der Waals surface area contributed by atoms with Crippen molar-refractivity contribution in [2.45, 2.75) is 26.9 Å². The van der Waals surface area contributed by atoms with Gasteiger partial charge in [0.1, 0.15) is 11.6 Å². The molecular formula is C17H21F2N3O. The molecule has 0 N–H and O–H groups in total. The molecule has 1 aromatic heterocycles. The standard InChI is InChI=1S/C17H21F2N3O/c1-11(2)9-22-17(23)12(10-21(3)4)7-16(20-22)14-6-5-13(18)8-15(14)19/h5-8,11H,9-10H2,1-4H3.